The average molecular weight is 457 g/mol. The Kier molecular flexibility index (Phi) is 5.42. The largest absolute Gasteiger partial charge is 0.390 e. The number of aliphatic hydroxyl groups excluding tert-OH is 1. The molecule has 0 radical (unpaired) electrons. The normalized spacial score (nSPS) is 57.4. The quantitative estimate of drug-likeness (QED) is 0.432. The molecule has 1 N–H and O–H groups in total. The molecule has 0 bridgehead atoms. The second-order valence-corrected chi connectivity index (χ2v) is 15.1. The summed E-state index contributed by atoms with van der Waals surface area (Å²) in [5.41, 5.74) is 2.91. The Balaban J connectivity index is 1.55. The molecule has 5 aliphatic carbocycles. The lowest BCUT2D eigenvalue weighted by atomic mass is 9.32. The first-order valence-corrected chi connectivity index (χ1v) is 14.1. The lowest BCUT2D eigenvalue weighted by Crippen LogP contribution is -2.68. The van der Waals surface area contributed by atoms with Crippen LogP contribution in [0.1, 0.15) is 106 Å². The number of hydrogen-bond acceptors (Lipinski definition) is 2. The van der Waals surface area contributed by atoms with E-state index in [-0.39, 0.29) is 23.0 Å². The molecule has 0 aromatic heterocycles. The van der Waals surface area contributed by atoms with E-state index in [9.17, 15) is 5.11 Å². The maximum absolute atomic E-state index is 11.2. The minimum absolute atomic E-state index is 0.0357. The molecule has 2 heteroatoms. The number of aliphatic hydroxyl groups is 1. The smallest absolute Gasteiger partial charge is 0.0855 e. The van der Waals surface area contributed by atoms with Gasteiger partial charge >= 0.3 is 0 Å². The molecule has 0 aromatic carbocycles. The maximum Gasteiger partial charge on any atom is 0.0855 e. The highest BCUT2D eigenvalue weighted by Gasteiger charge is 2.71. The molecule has 0 aliphatic heterocycles. The molecule has 33 heavy (non-hydrogen) atoms. The predicted octanol–water partition coefficient (Wildman–Crippen LogP) is 7.65. The van der Waals surface area contributed by atoms with Gasteiger partial charge in [-0.25, -0.2) is 0 Å². The Morgan fingerprint density at radius 2 is 1.55 bits per heavy atom. The van der Waals surface area contributed by atoms with Crippen LogP contribution >= 0.6 is 0 Å². The van der Waals surface area contributed by atoms with Crippen LogP contribution < -0.4 is 0 Å². The standard InChI is InChI=1S/C31H52O2/c1-19(2)20-12-14-28(5)16-17-30(7)21(25(20)28)10-11-24-29(6)18-22(33-9)26(32)27(3,4)23(29)13-15-31(24,30)8/h20-26,32H,1,10-18H2,2-9H3. The summed E-state index contributed by atoms with van der Waals surface area (Å²) in [4.78, 5) is 0. The monoisotopic (exact) mass is 456 g/mol. The van der Waals surface area contributed by atoms with E-state index < -0.39 is 0 Å². The molecule has 0 heterocycles. The first-order valence-electron chi connectivity index (χ1n) is 14.1. The van der Waals surface area contributed by atoms with Crippen LogP contribution in [0.25, 0.3) is 0 Å². The first kappa shape index (κ1) is 24.4. The van der Waals surface area contributed by atoms with Crippen molar-refractivity contribution >= 4 is 0 Å². The molecule has 0 amide bonds. The molecule has 5 aliphatic rings. The van der Waals surface area contributed by atoms with Crippen LogP contribution in [-0.4, -0.2) is 24.4 Å². The van der Waals surface area contributed by atoms with Crippen molar-refractivity contribution in [3.63, 3.8) is 0 Å². The first-order chi connectivity index (χ1) is 15.3. The summed E-state index contributed by atoms with van der Waals surface area (Å²) >= 11 is 0. The molecule has 0 saturated heterocycles. The molecular formula is C31H52O2. The Bertz CT molecular complexity index is 816. The zero-order valence-corrected chi connectivity index (χ0v) is 23.0. The van der Waals surface area contributed by atoms with Gasteiger partial charge in [0.15, 0.2) is 0 Å². The summed E-state index contributed by atoms with van der Waals surface area (Å²) in [6.07, 6.45) is 11.6. The second kappa shape index (κ2) is 7.34. The summed E-state index contributed by atoms with van der Waals surface area (Å²) < 4.78 is 5.95. The summed E-state index contributed by atoms with van der Waals surface area (Å²) in [6.45, 7) is 22.1. The van der Waals surface area contributed by atoms with Crippen LogP contribution in [0.2, 0.25) is 0 Å². The van der Waals surface area contributed by atoms with Crippen molar-refractivity contribution in [1.82, 2.24) is 0 Å². The highest BCUT2D eigenvalue weighted by Crippen LogP contribution is 2.77. The fourth-order valence-corrected chi connectivity index (χ4v) is 11.8. The molecule has 188 valence electrons. The second-order valence-electron chi connectivity index (χ2n) is 15.1. The van der Waals surface area contributed by atoms with E-state index >= 15 is 0 Å². The Hall–Kier alpha value is -0.340. The van der Waals surface area contributed by atoms with Gasteiger partial charge in [0.25, 0.3) is 0 Å². The number of methoxy groups -OCH3 is 1. The third-order valence-electron chi connectivity index (χ3n) is 13.7. The topological polar surface area (TPSA) is 29.5 Å². The summed E-state index contributed by atoms with van der Waals surface area (Å²) in [6, 6.07) is 0. The maximum atomic E-state index is 11.2. The number of allylic oxidation sites excluding steroid dienone is 1. The molecule has 2 nitrogen and oxygen atoms in total. The SMILES string of the molecule is C=C(C)C1CCC2(C)CCC3(C)C(CCC4C5(C)CC(OC)C(O)C(C)(C)C5CCC43C)C12. The van der Waals surface area contributed by atoms with Gasteiger partial charge in [0.2, 0.25) is 0 Å². The molecule has 0 aromatic rings. The van der Waals surface area contributed by atoms with Crippen molar-refractivity contribution in [2.24, 2.45) is 56.7 Å². The summed E-state index contributed by atoms with van der Waals surface area (Å²) in [5, 5.41) is 11.2. The van der Waals surface area contributed by atoms with Crippen molar-refractivity contribution in [2.75, 3.05) is 7.11 Å². The fourth-order valence-electron chi connectivity index (χ4n) is 11.8. The van der Waals surface area contributed by atoms with Crippen molar-refractivity contribution in [1.29, 1.82) is 0 Å². The van der Waals surface area contributed by atoms with Crippen molar-refractivity contribution in [3.8, 4) is 0 Å². The van der Waals surface area contributed by atoms with Gasteiger partial charge in [-0.15, -0.1) is 0 Å². The lowest BCUT2D eigenvalue weighted by molar-refractivity contribution is -0.265. The van der Waals surface area contributed by atoms with Gasteiger partial charge in [-0.3, -0.25) is 0 Å². The third-order valence-corrected chi connectivity index (χ3v) is 13.7. The van der Waals surface area contributed by atoms with Crippen LogP contribution in [-0.2, 0) is 4.74 Å². The van der Waals surface area contributed by atoms with Gasteiger partial charge in [-0.05, 0) is 121 Å². The molecule has 11 atom stereocenters. The lowest BCUT2D eigenvalue weighted by Gasteiger charge is -2.73. The van der Waals surface area contributed by atoms with Crippen molar-refractivity contribution in [3.05, 3.63) is 12.2 Å². The Labute approximate surface area is 204 Å². The van der Waals surface area contributed by atoms with E-state index in [2.05, 4.69) is 55.0 Å². The van der Waals surface area contributed by atoms with Crippen LogP contribution in [0.5, 0.6) is 0 Å². The molecule has 5 saturated carbocycles. The van der Waals surface area contributed by atoms with E-state index in [1.807, 2.05) is 7.11 Å². The number of ether oxygens (including phenoxy) is 1. The minimum atomic E-state index is -0.359. The summed E-state index contributed by atoms with van der Waals surface area (Å²) in [5.74, 6) is 3.69. The van der Waals surface area contributed by atoms with E-state index in [0.717, 1.165) is 30.1 Å². The van der Waals surface area contributed by atoms with Crippen LogP contribution in [0.4, 0.5) is 0 Å². The van der Waals surface area contributed by atoms with Gasteiger partial charge in [0.1, 0.15) is 0 Å². The average Bonchev–Trinajstić information content (AvgIpc) is 3.09. The molecule has 5 rings (SSSR count). The minimum Gasteiger partial charge on any atom is -0.390 e. The zero-order chi connectivity index (χ0) is 24.2. The van der Waals surface area contributed by atoms with Crippen LogP contribution in [0.3, 0.4) is 0 Å². The van der Waals surface area contributed by atoms with Crippen molar-refractivity contribution in [2.45, 2.75) is 118 Å². The van der Waals surface area contributed by atoms with Crippen molar-refractivity contribution < 1.29 is 9.84 Å². The van der Waals surface area contributed by atoms with Crippen LogP contribution in [0, 0.1) is 56.7 Å². The highest BCUT2D eigenvalue weighted by molar-refractivity contribution is 5.21. The van der Waals surface area contributed by atoms with Gasteiger partial charge < -0.3 is 9.84 Å². The van der Waals surface area contributed by atoms with E-state index in [0.29, 0.717) is 22.2 Å². The number of fused-ring (bicyclic) bond motifs is 7. The summed E-state index contributed by atoms with van der Waals surface area (Å²) in [7, 11) is 1.81. The van der Waals surface area contributed by atoms with E-state index in [1.54, 1.807) is 0 Å². The highest BCUT2D eigenvalue weighted by atomic mass is 16.5. The van der Waals surface area contributed by atoms with Crippen LogP contribution in [0.15, 0.2) is 12.2 Å². The molecule has 11 unspecified atom stereocenters. The van der Waals surface area contributed by atoms with Gasteiger partial charge in [0.05, 0.1) is 12.2 Å². The van der Waals surface area contributed by atoms with E-state index in [4.69, 9.17) is 4.74 Å². The Morgan fingerprint density at radius 3 is 2.18 bits per heavy atom. The fraction of sp³-hybridized carbons (Fsp3) is 0.935. The number of hydrogen-bond donors (Lipinski definition) is 1. The number of rotatable bonds is 2. The molecule has 0 spiro atoms. The molecular weight excluding hydrogens is 404 g/mol. The molecule has 5 fully saturated rings. The predicted molar refractivity (Wildman–Crippen MR) is 137 cm³/mol. The zero-order valence-electron chi connectivity index (χ0n) is 23.0. The Morgan fingerprint density at radius 1 is 0.848 bits per heavy atom. The van der Waals surface area contributed by atoms with Gasteiger partial charge in [-0.2, -0.15) is 0 Å². The van der Waals surface area contributed by atoms with E-state index in [1.165, 1.54) is 56.9 Å². The van der Waals surface area contributed by atoms with Gasteiger partial charge in [0, 0.05) is 7.11 Å². The third kappa shape index (κ3) is 2.92. The van der Waals surface area contributed by atoms with Gasteiger partial charge in [-0.1, -0.05) is 53.7 Å².